The van der Waals surface area contributed by atoms with Crippen molar-refractivity contribution in [2.75, 3.05) is 25.4 Å². The highest BCUT2D eigenvalue weighted by Gasteiger charge is 2.24. The molecule has 16 heavy (non-hydrogen) atoms. The Morgan fingerprint density at radius 2 is 2.12 bits per heavy atom. The summed E-state index contributed by atoms with van der Waals surface area (Å²) in [5.74, 6) is 0.544. The summed E-state index contributed by atoms with van der Waals surface area (Å²) in [7, 11) is -3.10. The fraction of sp³-hybridized carbons (Fsp3) is 1.00. The average Bonchev–Trinajstić information content (AvgIpc) is 2.67. The first-order chi connectivity index (χ1) is 7.35. The molecule has 1 aliphatic heterocycles. The largest absolute Gasteiger partial charge is 0.316 e. The molecule has 0 aromatic heterocycles. The van der Waals surface area contributed by atoms with Crippen molar-refractivity contribution in [3.63, 3.8) is 0 Å². The van der Waals surface area contributed by atoms with E-state index in [1.807, 2.05) is 0 Å². The highest BCUT2D eigenvalue weighted by atomic mass is 32.2. The van der Waals surface area contributed by atoms with Crippen molar-refractivity contribution < 1.29 is 8.42 Å². The first-order valence-corrected chi connectivity index (χ1v) is 7.68. The summed E-state index contributed by atoms with van der Waals surface area (Å²) in [6.07, 6.45) is 1.94. The van der Waals surface area contributed by atoms with Gasteiger partial charge in [0.25, 0.3) is 0 Å². The standard InChI is InChI=1S/C11H24N2O2S/c1-4-11(2,3)9-13-16(14,15)8-10-5-6-12-7-10/h10,12-13H,4-9H2,1-3H3. The highest BCUT2D eigenvalue weighted by molar-refractivity contribution is 7.89. The predicted molar refractivity (Wildman–Crippen MR) is 66.8 cm³/mol. The van der Waals surface area contributed by atoms with E-state index in [0.29, 0.717) is 6.54 Å². The third-order valence-corrected chi connectivity index (χ3v) is 4.84. The van der Waals surface area contributed by atoms with Crippen LogP contribution in [-0.2, 0) is 10.0 Å². The van der Waals surface area contributed by atoms with Crippen LogP contribution in [-0.4, -0.2) is 33.8 Å². The molecular formula is C11H24N2O2S. The van der Waals surface area contributed by atoms with Gasteiger partial charge in [-0.05, 0) is 37.3 Å². The molecule has 1 heterocycles. The van der Waals surface area contributed by atoms with Crippen molar-refractivity contribution in [2.45, 2.75) is 33.6 Å². The quantitative estimate of drug-likeness (QED) is 0.736. The summed E-state index contributed by atoms with van der Waals surface area (Å²) in [4.78, 5) is 0. The SMILES string of the molecule is CCC(C)(C)CNS(=O)(=O)CC1CCNC1. The predicted octanol–water partition coefficient (Wildman–Crippen LogP) is 0.952. The van der Waals surface area contributed by atoms with Crippen molar-refractivity contribution in [3.05, 3.63) is 0 Å². The molecular weight excluding hydrogens is 224 g/mol. The number of hydrogen-bond donors (Lipinski definition) is 2. The van der Waals surface area contributed by atoms with Crippen molar-refractivity contribution in [3.8, 4) is 0 Å². The van der Waals surface area contributed by atoms with Crippen LogP contribution in [0.25, 0.3) is 0 Å². The zero-order chi connectivity index (χ0) is 12.2. The molecule has 0 aromatic carbocycles. The molecule has 1 atom stereocenters. The molecule has 96 valence electrons. The van der Waals surface area contributed by atoms with E-state index in [1.165, 1.54) is 0 Å². The molecule has 2 N–H and O–H groups in total. The number of rotatable bonds is 6. The van der Waals surface area contributed by atoms with Gasteiger partial charge in [0.15, 0.2) is 0 Å². The maximum absolute atomic E-state index is 11.8. The smallest absolute Gasteiger partial charge is 0.211 e. The average molecular weight is 248 g/mol. The van der Waals surface area contributed by atoms with E-state index in [4.69, 9.17) is 0 Å². The van der Waals surface area contributed by atoms with E-state index in [1.54, 1.807) is 0 Å². The molecule has 5 heteroatoms. The number of nitrogens with one attached hydrogen (secondary N) is 2. The van der Waals surface area contributed by atoms with E-state index in [-0.39, 0.29) is 17.1 Å². The molecule has 1 aliphatic rings. The number of sulfonamides is 1. The van der Waals surface area contributed by atoms with Gasteiger partial charge in [0, 0.05) is 6.54 Å². The summed E-state index contributed by atoms with van der Waals surface area (Å²) >= 11 is 0. The van der Waals surface area contributed by atoms with E-state index in [0.717, 1.165) is 25.9 Å². The Morgan fingerprint density at radius 3 is 2.62 bits per heavy atom. The van der Waals surface area contributed by atoms with Gasteiger partial charge in [-0.2, -0.15) is 0 Å². The summed E-state index contributed by atoms with van der Waals surface area (Å²) in [6, 6.07) is 0. The van der Waals surface area contributed by atoms with Crippen LogP contribution in [0.4, 0.5) is 0 Å². The maximum atomic E-state index is 11.8. The molecule has 0 radical (unpaired) electrons. The molecule has 0 amide bonds. The van der Waals surface area contributed by atoms with Crippen molar-refractivity contribution in [1.29, 1.82) is 0 Å². The van der Waals surface area contributed by atoms with Gasteiger partial charge in [0.2, 0.25) is 10.0 Å². The Balaban J connectivity index is 2.39. The monoisotopic (exact) mass is 248 g/mol. The van der Waals surface area contributed by atoms with Crippen molar-refractivity contribution in [1.82, 2.24) is 10.0 Å². The van der Waals surface area contributed by atoms with Crippen LogP contribution in [0.1, 0.15) is 33.6 Å². The van der Waals surface area contributed by atoms with Gasteiger partial charge in [0.05, 0.1) is 5.75 Å². The van der Waals surface area contributed by atoms with Crippen LogP contribution in [0.2, 0.25) is 0 Å². The zero-order valence-electron chi connectivity index (χ0n) is 10.5. The van der Waals surface area contributed by atoms with Crippen molar-refractivity contribution >= 4 is 10.0 Å². The number of hydrogen-bond acceptors (Lipinski definition) is 3. The lowest BCUT2D eigenvalue weighted by Gasteiger charge is -2.23. The first-order valence-electron chi connectivity index (χ1n) is 6.03. The van der Waals surface area contributed by atoms with Gasteiger partial charge in [-0.1, -0.05) is 20.8 Å². The first kappa shape index (κ1) is 13.9. The summed E-state index contributed by atoms with van der Waals surface area (Å²) in [6.45, 7) is 8.54. The van der Waals surface area contributed by atoms with E-state index in [9.17, 15) is 8.42 Å². The molecule has 1 unspecified atom stereocenters. The second-order valence-corrected chi connectivity index (χ2v) is 7.33. The molecule has 4 nitrogen and oxygen atoms in total. The van der Waals surface area contributed by atoms with Crippen LogP contribution >= 0.6 is 0 Å². The topological polar surface area (TPSA) is 58.2 Å². The normalized spacial score (nSPS) is 22.6. The summed E-state index contributed by atoms with van der Waals surface area (Å²) < 4.78 is 26.3. The van der Waals surface area contributed by atoms with Crippen LogP contribution in [0.3, 0.4) is 0 Å². The third-order valence-electron chi connectivity index (χ3n) is 3.35. The van der Waals surface area contributed by atoms with Gasteiger partial charge < -0.3 is 5.32 Å². The van der Waals surface area contributed by atoms with Crippen molar-refractivity contribution in [2.24, 2.45) is 11.3 Å². The lowest BCUT2D eigenvalue weighted by molar-refractivity contribution is 0.349. The summed E-state index contributed by atoms with van der Waals surface area (Å²) in [5.41, 5.74) is 0.0427. The van der Waals surface area contributed by atoms with E-state index < -0.39 is 10.0 Å². The molecule has 1 saturated heterocycles. The minimum Gasteiger partial charge on any atom is -0.316 e. The second kappa shape index (κ2) is 5.47. The Labute approximate surface area is 99.2 Å². The third kappa shape index (κ3) is 4.80. The van der Waals surface area contributed by atoms with Crippen LogP contribution in [0.5, 0.6) is 0 Å². The van der Waals surface area contributed by atoms with Crippen LogP contribution < -0.4 is 10.0 Å². The molecule has 0 saturated carbocycles. The molecule has 0 spiro atoms. The Bertz CT molecular complexity index is 306. The lowest BCUT2D eigenvalue weighted by Crippen LogP contribution is -2.37. The molecule has 1 rings (SSSR count). The zero-order valence-corrected chi connectivity index (χ0v) is 11.4. The Hall–Kier alpha value is -0.130. The van der Waals surface area contributed by atoms with E-state index >= 15 is 0 Å². The van der Waals surface area contributed by atoms with Gasteiger partial charge in [0.1, 0.15) is 0 Å². The molecule has 0 aromatic rings. The minimum absolute atomic E-state index is 0.0427. The maximum Gasteiger partial charge on any atom is 0.211 e. The fourth-order valence-corrected chi connectivity index (χ4v) is 3.29. The molecule has 0 aliphatic carbocycles. The van der Waals surface area contributed by atoms with Gasteiger partial charge in [-0.3, -0.25) is 0 Å². The molecule has 0 bridgehead atoms. The van der Waals surface area contributed by atoms with Gasteiger partial charge in [-0.25, -0.2) is 13.1 Å². The Kier molecular flexibility index (Phi) is 4.76. The van der Waals surface area contributed by atoms with Crippen LogP contribution in [0.15, 0.2) is 0 Å². The van der Waals surface area contributed by atoms with E-state index in [2.05, 4.69) is 30.8 Å². The minimum atomic E-state index is -3.10. The highest BCUT2D eigenvalue weighted by Crippen LogP contribution is 2.18. The lowest BCUT2D eigenvalue weighted by atomic mass is 9.91. The fourth-order valence-electron chi connectivity index (χ4n) is 1.66. The Morgan fingerprint density at radius 1 is 1.44 bits per heavy atom. The molecule has 1 fully saturated rings. The second-order valence-electron chi connectivity index (χ2n) is 5.48. The van der Waals surface area contributed by atoms with Gasteiger partial charge >= 0.3 is 0 Å². The van der Waals surface area contributed by atoms with Crippen LogP contribution in [0, 0.1) is 11.3 Å². The van der Waals surface area contributed by atoms with Gasteiger partial charge in [-0.15, -0.1) is 0 Å². The summed E-state index contributed by atoms with van der Waals surface area (Å²) in [5, 5.41) is 3.19.